The summed E-state index contributed by atoms with van der Waals surface area (Å²) in [6.07, 6.45) is 0.971. The van der Waals surface area contributed by atoms with Crippen LogP contribution in [0, 0.1) is 0 Å². The van der Waals surface area contributed by atoms with Gasteiger partial charge in [0.1, 0.15) is 22.1 Å². The molecule has 0 atom stereocenters. The van der Waals surface area contributed by atoms with Crippen molar-refractivity contribution in [2.45, 2.75) is 17.7 Å². The van der Waals surface area contributed by atoms with Crippen LogP contribution in [-0.4, -0.2) is 31.9 Å². The molecule has 1 aliphatic heterocycles. The Morgan fingerprint density at radius 3 is 2.10 bits per heavy atom. The highest BCUT2D eigenvalue weighted by Crippen LogP contribution is 2.39. The number of nitrogens with zero attached hydrogens (tertiary/aromatic N) is 1. The van der Waals surface area contributed by atoms with Crippen molar-refractivity contribution in [3.05, 3.63) is 119 Å². The number of anilines is 3. The maximum absolute atomic E-state index is 13.7. The van der Waals surface area contributed by atoms with Gasteiger partial charge < -0.3 is 20.1 Å². The number of carbonyl (C=O) groups excluding carboxylic acids is 3. The van der Waals surface area contributed by atoms with Crippen molar-refractivity contribution in [3.63, 3.8) is 0 Å². The standard InChI is InChI=1S/C33H29N3O5S/c1-40-26-16-12-23(13-17-26)35-30-31(33(39)36(32(30)38)25-14-18-27(41-2)19-15-25)42-28-10-6-9-24(21-28)34-29(37)20-11-22-7-4-3-5-8-22/h3-10,12-19,21,35H,11,20H2,1-2H3,(H,34,37). The van der Waals surface area contributed by atoms with E-state index < -0.39 is 11.8 Å². The normalized spacial score (nSPS) is 12.9. The van der Waals surface area contributed by atoms with Gasteiger partial charge in [0, 0.05) is 22.7 Å². The number of hydrogen-bond donors (Lipinski definition) is 2. The Kier molecular flexibility index (Phi) is 8.89. The largest absolute Gasteiger partial charge is 0.497 e. The average Bonchev–Trinajstić information content (AvgIpc) is 3.25. The Bertz CT molecular complexity index is 1620. The van der Waals surface area contributed by atoms with Crippen molar-refractivity contribution in [3.8, 4) is 11.5 Å². The minimum atomic E-state index is -0.478. The molecule has 4 aromatic rings. The van der Waals surface area contributed by atoms with E-state index in [1.807, 2.05) is 36.4 Å². The van der Waals surface area contributed by atoms with Crippen molar-refractivity contribution >= 4 is 46.5 Å². The molecule has 3 amide bonds. The van der Waals surface area contributed by atoms with E-state index in [0.717, 1.165) is 22.2 Å². The van der Waals surface area contributed by atoms with E-state index in [1.54, 1.807) is 80.9 Å². The molecular weight excluding hydrogens is 550 g/mol. The van der Waals surface area contributed by atoms with Crippen LogP contribution in [0.1, 0.15) is 12.0 Å². The van der Waals surface area contributed by atoms with Crippen molar-refractivity contribution in [2.24, 2.45) is 0 Å². The van der Waals surface area contributed by atoms with Crippen LogP contribution in [0.25, 0.3) is 0 Å². The van der Waals surface area contributed by atoms with Crippen LogP contribution >= 0.6 is 11.8 Å². The number of imide groups is 1. The molecule has 2 N–H and O–H groups in total. The second-order valence-corrected chi connectivity index (χ2v) is 10.4. The van der Waals surface area contributed by atoms with Gasteiger partial charge in [0.05, 0.1) is 19.9 Å². The number of amides is 3. The van der Waals surface area contributed by atoms with Crippen LogP contribution in [0.5, 0.6) is 11.5 Å². The second kappa shape index (κ2) is 13.1. The van der Waals surface area contributed by atoms with E-state index in [-0.39, 0.29) is 16.5 Å². The van der Waals surface area contributed by atoms with Gasteiger partial charge in [-0.3, -0.25) is 14.4 Å². The molecule has 42 heavy (non-hydrogen) atoms. The van der Waals surface area contributed by atoms with Crippen molar-refractivity contribution < 1.29 is 23.9 Å². The molecule has 0 fully saturated rings. The Labute approximate surface area is 248 Å². The second-order valence-electron chi connectivity index (χ2n) is 9.37. The Hall–Kier alpha value is -5.02. The molecule has 212 valence electrons. The summed E-state index contributed by atoms with van der Waals surface area (Å²) in [6.45, 7) is 0. The number of nitrogens with one attached hydrogen (secondary N) is 2. The number of benzene rings is 4. The first-order chi connectivity index (χ1) is 20.4. The summed E-state index contributed by atoms with van der Waals surface area (Å²) < 4.78 is 10.5. The van der Waals surface area contributed by atoms with E-state index in [1.165, 1.54) is 0 Å². The van der Waals surface area contributed by atoms with Crippen LogP contribution in [0.2, 0.25) is 0 Å². The van der Waals surface area contributed by atoms with E-state index in [4.69, 9.17) is 9.47 Å². The van der Waals surface area contributed by atoms with Crippen molar-refractivity contribution in [1.82, 2.24) is 0 Å². The Morgan fingerprint density at radius 1 is 0.762 bits per heavy atom. The number of hydrogen-bond acceptors (Lipinski definition) is 7. The third-order valence-corrected chi connectivity index (χ3v) is 7.63. The molecule has 4 aromatic carbocycles. The van der Waals surface area contributed by atoms with Crippen LogP contribution in [-0.2, 0) is 20.8 Å². The van der Waals surface area contributed by atoms with Crippen LogP contribution in [0.3, 0.4) is 0 Å². The first-order valence-corrected chi connectivity index (χ1v) is 14.1. The summed E-state index contributed by atoms with van der Waals surface area (Å²) in [7, 11) is 3.12. The quantitative estimate of drug-likeness (QED) is 0.202. The van der Waals surface area contributed by atoms with Gasteiger partial charge in [0.25, 0.3) is 11.8 Å². The third kappa shape index (κ3) is 6.64. The van der Waals surface area contributed by atoms with Crippen LogP contribution in [0.4, 0.5) is 17.1 Å². The molecule has 1 heterocycles. The van der Waals surface area contributed by atoms with Gasteiger partial charge in [-0.2, -0.15) is 0 Å². The van der Waals surface area contributed by atoms with Gasteiger partial charge in [-0.05, 0) is 78.7 Å². The van der Waals surface area contributed by atoms with E-state index in [2.05, 4.69) is 10.6 Å². The molecular formula is C33H29N3O5S. The summed E-state index contributed by atoms with van der Waals surface area (Å²) in [5, 5.41) is 6.08. The fourth-order valence-corrected chi connectivity index (χ4v) is 5.37. The first-order valence-electron chi connectivity index (χ1n) is 13.2. The molecule has 0 saturated carbocycles. The maximum atomic E-state index is 13.7. The van der Waals surface area contributed by atoms with E-state index >= 15 is 0 Å². The van der Waals surface area contributed by atoms with Crippen molar-refractivity contribution in [2.75, 3.05) is 29.8 Å². The summed E-state index contributed by atoms with van der Waals surface area (Å²) in [6, 6.07) is 30.8. The number of rotatable bonds is 11. The summed E-state index contributed by atoms with van der Waals surface area (Å²) in [4.78, 5) is 42.1. The van der Waals surface area contributed by atoms with Crippen LogP contribution in [0.15, 0.2) is 119 Å². The Balaban J connectivity index is 1.38. The highest BCUT2D eigenvalue weighted by atomic mass is 32.2. The predicted octanol–water partition coefficient (Wildman–Crippen LogP) is 6.26. The summed E-state index contributed by atoms with van der Waals surface area (Å²) >= 11 is 1.16. The number of methoxy groups -OCH3 is 2. The maximum Gasteiger partial charge on any atom is 0.283 e. The highest BCUT2D eigenvalue weighted by molar-refractivity contribution is 8.04. The smallest absolute Gasteiger partial charge is 0.283 e. The summed E-state index contributed by atoms with van der Waals surface area (Å²) in [5.74, 6) is 0.234. The zero-order chi connectivity index (χ0) is 29.5. The zero-order valence-corrected chi connectivity index (χ0v) is 23.9. The number of ether oxygens (including phenoxy) is 2. The van der Waals surface area contributed by atoms with Crippen LogP contribution < -0.4 is 25.0 Å². The van der Waals surface area contributed by atoms with Gasteiger partial charge in [-0.15, -0.1) is 0 Å². The van der Waals surface area contributed by atoms with Crippen molar-refractivity contribution in [1.29, 1.82) is 0 Å². The molecule has 0 bridgehead atoms. The fraction of sp³-hybridized carbons (Fsp3) is 0.121. The lowest BCUT2D eigenvalue weighted by atomic mass is 10.1. The van der Waals surface area contributed by atoms with Gasteiger partial charge in [-0.1, -0.05) is 48.2 Å². The van der Waals surface area contributed by atoms with Gasteiger partial charge in [-0.25, -0.2) is 4.90 Å². The van der Waals surface area contributed by atoms with E-state index in [9.17, 15) is 14.4 Å². The molecule has 0 aliphatic carbocycles. The highest BCUT2D eigenvalue weighted by Gasteiger charge is 2.40. The van der Waals surface area contributed by atoms with Gasteiger partial charge in [0.2, 0.25) is 5.91 Å². The number of aryl methyl sites for hydroxylation is 1. The average molecular weight is 580 g/mol. The number of thioether (sulfide) groups is 1. The summed E-state index contributed by atoms with van der Waals surface area (Å²) in [5.41, 5.74) is 2.90. The molecule has 0 aromatic heterocycles. The molecule has 0 unspecified atom stereocenters. The molecule has 0 saturated heterocycles. The molecule has 0 spiro atoms. The SMILES string of the molecule is COc1ccc(NC2=C(Sc3cccc(NC(=O)CCc4ccccc4)c3)C(=O)N(c3ccc(OC)cc3)C2=O)cc1. The minimum absolute atomic E-state index is 0.111. The molecule has 9 heteroatoms. The molecule has 0 radical (unpaired) electrons. The van der Waals surface area contributed by atoms with Gasteiger partial charge in [0.15, 0.2) is 0 Å². The van der Waals surface area contributed by atoms with E-state index in [0.29, 0.717) is 46.3 Å². The molecule has 8 nitrogen and oxygen atoms in total. The Morgan fingerprint density at radius 2 is 1.43 bits per heavy atom. The lowest BCUT2D eigenvalue weighted by molar-refractivity contribution is -0.120. The zero-order valence-electron chi connectivity index (χ0n) is 23.1. The molecule has 1 aliphatic rings. The predicted molar refractivity (Wildman–Crippen MR) is 165 cm³/mol. The monoisotopic (exact) mass is 579 g/mol. The molecule has 5 rings (SSSR count). The lowest BCUT2D eigenvalue weighted by Crippen LogP contribution is -2.32. The minimum Gasteiger partial charge on any atom is -0.497 e. The first kappa shape index (κ1) is 28.5. The third-order valence-electron chi connectivity index (χ3n) is 6.55. The number of carbonyl (C=O) groups is 3. The fourth-order valence-electron chi connectivity index (χ4n) is 4.38. The van der Waals surface area contributed by atoms with Gasteiger partial charge >= 0.3 is 0 Å². The lowest BCUT2D eigenvalue weighted by Gasteiger charge is -2.15. The topological polar surface area (TPSA) is 97.0 Å².